The molecule has 1 rings (SSSR count). The van der Waals surface area contributed by atoms with Crippen LogP contribution < -0.4 is 5.32 Å². The van der Waals surface area contributed by atoms with Gasteiger partial charge in [0.15, 0.2) is 0 Å². The number of hydrogen-bond acceptors (Lipinski definition) is 2. The van der Waals surface area contributed by atoms with E-state index < -0.39 is 0 Å². The van der Waals surface area contributed by atoms with Crippen LogP contribution in [-0.2, 0) is 11.3 Å². The van der Waals surface area contributed by atoms with Crippen LogP contribution in [-0.4, -0.2) is 30.4 Å². The Balaban J connectivity index is 2.38. The van der Waals surface area contributed by atoms with E-state index in [0.29, 0.717) is 13.1 Å². The van der Waals surface area contributed by atoms with Crippen LogP contribution in [0.25, 0.3) is 0 Å². The highest BCUT2D eigenvalue weighted by Gasteiger charge is 2.06. The normalized spacial score (nSPS) is 10.6. The second kappa shape index (κ2) is 7.07. The van der Waals surface area contributed by atoms with Crippen LogP contribution in [0.5, 0.6) is 0 Å². The Labute approximate surface area is 104 Å². The Kier molecular flexibility index (Phi) is 5.70. The number of nitrogens with zero attached hydrogens (tertiary/aromatic N) is 1. The van der Waals surface area contributed by atoms with Crippen LogP contribution in [0.3, 0.4) is 0 Å². The Morgan fingerprint density at radius 3 is 2.59 bits per heavy atom. The summed E-state index contributed by atoms with van der Waals surface area (Å²) in [6.45, 7) is 9.11. The number of carbonyl (C=O) groups excluding carboxylic acids is 1. The van der Waals surface area contributed by atoms with Gasteiger partial charge in [-0.2, -0.15) is 0 Å². The standard InChI is InChI=1S/C14H22N2O/c1-4-16(5-2)11-14(17)15-10-13-8-6-7-12(3)9-13/h6-9H,4-5,10-11H2,1-3H3,(H,15,17). The third kappa shape index (κ3) is 5.00. The summed E-state index contributed by atoms with van der Waals surface area (Å²) in [5.74, 6) is 0.0928. The van der Waals surface area contributed by atoms with E-state index in [-0.39, 0.29) is 5.91 Å². The summed E-state index contributed by atoms with van der Waals surface area (Å²) >= 11 is 0. The third-order valence-electron chi connectivity index (χ3n) is 2.83. The van der Waals surface area contributed by atoms with E-state index in [1.54, 1.807) is 0 Å². The zero-order valence-electron chi connectivity index (χ0n) is 11.0. The first-order valence-corrected chi connectivity index (χ1v) is 6.20. The van der Waals surface area contributed by atoms with Gasteiger partial charge in [-0.15, -0.1) is 0 Å². The van der Waals surface area contributed by atoms with Gasteiger partial charge >= 0.3 is 0 Å². The molecule has 0 aliphatic carbocycles. The molecule has 1 aromatic rings. The Morgan fingerprint density at radius 1 is 1.29 bits per heavy atom. The molecule has 1 amide bonds. The van der Waals surface area contributed by atoms with E-state index >= 15 is 0 Å². The molecule has 0 aliphatic heterocycles. The van der Waals surface area contributed by atoms with Crippen LogP contribution in [0.4, 0.5) is 0 Å². The molecule has 0 aromatic heterocycles. The number of rotatable bonds is 6. The molecule has 0 saturated heterocycles. The molecule has 3 heteroatoms. The van der Waals surface area contributed by atoms with Crippen molar-refractivity contribution in [1.29, 1.82) is 0 Å². The van der Waals surface area contributed by atoms with Crippen molar-refractivity contribution in [3.05, 3.63) is 35.4 Å². The van der Waals surface area contributed by atoms with Crippen molar-refractivity contribution in [3.8, 4) is 0 Å². The Hall–Kier alpha value is -1.35. The van der Waals surface area contributed by atoms with Crippen molar-refractivity contribution >= 4 is 5.91 Å². The average Bonchev–Trinajstić information content (AvgIpc) is 2.33. The predicted octanol–water partition coefficient (Wildman–Crippen LogP) is 1.95. The summed E-state index contributed by atoms with van der Waals surface area (Å²) in [7, 11) is 0. The predicted molar refractivity (Wildman–Crippen MR) is 70.8 cm³/mol. The second-order valence-electron chi connectivity index (χ2n) is 4.23. The summed E-state index contributed by atoms with van der Waals surface area (Å²) in [6.07, 6.45) is 0. The van der Waals surface area contributed by atoms with E-state index in [1.807, 2.05) is 12.1 Å². The maximum atomic E-state index is 11.7. The topological polar surface area (TPSA) is 32.3 Å². The van der Waals surface area contributed by atoms with E-state index in [0.717, 1.165) is 18.7 Å². The molecule has 0 bridgehead atoms. The Morgan fingerprint density at radius 2 is 2.00 bits per heavy atom. The lowest BCUT2D eigenvalue weighted by Crippen LogP contribution is -2.36. The maximum absolute atomic E-state index is 11.7. The highest BCUT2D eigenvalue weighted by Crippen LogP contribution is 2.03. The number of likely N-dealkylation sites (N-methyl/N-ethyl adjacent to an activating group) is 1. The van der Waals surface area contributed by atoms with Crippen LogP contribution in [0, 0.1) is 6.92 Å². The first-order chi connectivity index (χ1) is 8.15. The monoisotopic (exact) mass is 234 g/mol. The highest BCUT2D eigenvalue weighted by molar-refractivity contribution is 5.77. The lowest BCUT2D eigenvalue weighted by Gasteiger charge is -2.17. The summed E-state index contributed by atoms with van der Waals surface area (Å²) in [6, 6.07) is 8.20. The fourth-order valence-corrected chi connectivity index (χ4v) is 1.73. The fraction of sp³-hybridized carbons (Fsp3) is 0.500. The summed E-state index contributed by atoms with van der Waals surface area (Å²) in [5.41, 5.74) is 2.37. The van der Waals surface area contributed by atoms with Gasteiger partial charge in [-0.3, -0.25) is 9.69 Å². The van der Waals surface area contributed by atoms with Gasteiger partial charge in [-0.25, -0.2) is 0 Å². The zero-order chi connectivity index (χ0) is 12.7. The highest BCUT2D eigenvalue weighted by atomic mass is 16.2. The first kappa shape index (κ1) is 13.7. The molecule has 0 spiro atoms. The molecule has 0 heterocycles. The van der Waals surface area contributed by atoms with Gasteiger partial charge in [0.05, 0.1) is 6.54 Å². The van der Waals surface area contributed by atoms with Gasteiger partial charge in [0.2, 0.25) is 5.91 Å². The van der Waals surface area contributed by atoms with Crippen molar-refractivity contribution in [2.45, 2.75) is 27.3 Å². The largest absolute Gasteiger partial charge is 0.351 e. The number of nitrogens with one attached hydrogen (secondary N) is 1. The molecule has 0 aliphatic rings. The van der Waals surface area contributed by atoms with Crippen LogP contribution >= 0.6 is 0 Å². The molecule has 1 N–H and O–H groups in total. The molecule has 1 aromatic carbocycles. The van der Waals surface area contributed by atoms with Crippen LogP contribution in [0.1, 0.15) is 25.0 Å². The molecule has 0 saturated carbocycles. The maximum Gasteiger partial charge on any atom is 0.234 e. The average molecular weight is 234 g/mol. The number of benzene rings is 1. The van der Waals surface area contributed by atoms with Crippen molar-refractivity contribution in [1.82, 2.24) is 10.2 Å². The van der Waals surface area contributed by atoms with E-state index in [2.05, 4.69) is 43.1 Å². The molecule has 17 heavy (non-hydrogen) atoms. The second-order valence-corrected chi connectivity index (χ2v) is 4.23. The van der Waals surface area contributed by atoms with E-state index in [9.17, 15) is 4.79 Å². The molecule has 3 nitrogen and oxygen atoms in total. The smallest absolute Gasteiger partial charge is 0.234 e. The van der Waals surface area contributed by atoms with Gasteiger partial charge in [0, 0.05) is 6.54 Å². The zero-order valence-corrected chi connectivity index (χ0v) is 11.0. The molecular weight excluding hydrogens is 212 g/mol. The summed E-state index contributed by atoms with van der Waals surface area (Å²) < 4.78 is 0. The number of amides is 1. The number of aryl methyl sites for hydroxylation is 1. The van der Waals surface area contributed by atoms with Crippen molar-refractivity contribution in [2.75, 3.05) is 19.6 Å². The van der Waals surface area contributed by atoms with Crippen molar-refractivity contribution in [3.63, 3.8) is 0 Å². The molecular formula is C14H22N2O. The van der Waals surface area contributed by atoms with Gasteiger partial charge in [-0.05, 0) is 25.6 Å². The lowest BCUT2D eigenvalue weighted by molar-refractivity contribution is -0.122. The van der Waals surface area contributed by atoms with Crippen LogP contribution in [0.2, 0.25) is 0 Å². The van der Waals surface area contributed by atoms with Crippen LogP contribution in [0.15, 0.2) is 24.3 Å². The summed E-state index contributed by atoms with van der Waals surface area (Å²) in [4.78, 5) is 13.8. The first-order valence-electron chi connectivity index (χ1n) is 6.20. The van der Waals surface area contributed by atoms with Gasteiger partial charge in [-0.1, -0.05) is 43.7 Å². The third-order valence-corrected chi connectivity index (χ3v) is 2.83. The van der Waals surface area contributed by atoms with E-state index in [1.165, 1.54) is 5.56 Å². The minimum atomic E-state index is 0.0928. The number of carbonyl (C=O) groups is 1. The molecule has 94 valence electrons. The Bertz CT molecular complexity index is 359. The van der Waals surface area contributed by atoms with Gasteiger partial charge in [0.25, 0.3) is 0 Å². The SMILES string of the molecule is CCN(CC)CC(=O)NCc1cccc(C)c1. The minimum Gasteiger partial charge on any atom is -0.351 e. The van der Waals surface area contributed by atoms with Crippen molar-refractivity contribution < 1.29 is 4.79 Å². The van der Waals surface area contributed by atoms with Gasteiger partial charge < -0.3 is 5.32 Å². The molecule has 0 unspecified atom stereocenters. The summed E-state index contributed by atoms with van der Waals surface area (Å²) in [5, 5.41) is 2.94. The molecule has 0 radical (unpaired) electrons. The fourth-order valence-electron chi connectivity index (χ4n) is 1.73. The van der Waals surface area contributed by atoms with Gasteiger partial charge in [0.1, 0.15) is 0 Å². The lowest BCUT2D eigenvalue weighted by atomic mass is 10.1. The molecule has 0 fully saturated rings. The molecule has 0 atom stereocenters. The quantitative estimate of drug-likeness (QED) is 0.816. The minimum absolute atomic E-state index is 0.0928. The van der Waals surface area contributed by atoms with Crippen molar-refractivity contribution in [2.24, 2.45) is 0 Å². The van der Waals surface area contributed by atoms with E-state index in [4.69, 9.17) is 0 Å². The number of hydrogen-bond donors (Lipinski definition) is 1.